The van der Waals surface area contributed by atoms with Gasteiger partial charge < -0.3 is 5.11 Å². The molecule has 0 aliphatic carbocycles. The number of hydrogen-bond acceptors (Lipinski definition) is 5. The number of aromatic hydroxyl groups is 1. The van der Waals surface area contributed by atoms with Crippen LogP contribution in [0.1, 0.15) is 12.5 Å². The van der Waals surface area contributed by atoms with Gasteiger partial charge in [-0.15, -0.1) is 22.0 Å². The summed E-state index contributed by atoms with van der Waals surface area (Å²) in [6.45, 7) is 3.98. The summed E-state index contributed by atoms with van der Waals surface area (Å²) in [5.74, 6) is 0.912. The Morgan fingerprint density at radius 2 is 2.12 bits per heavy atom. The molecule has 0 saturated carbocycles. The molecule has 0 saturated heterocycles. The van der Waals surface area contributed by atoms with Crippen LogP contribution in [0.3, 0.4) is 0 Å². The number of aromatic nitrogens is 3. The first-order valence-corrected chi connectivity index (χ1v) is 6.32. The lowest BCUT2D eigenvalue weighted by Gasteiger charge is -2.08. The Morgan fingerprint density at radius 1 is 1.29 bits per heavy atom. The average molecular weight is 247 g/mol. The summed E-state index contributed by atoms with van der Waals surface area (Å²) < 4.78 is 0. The Hall–Kier alpha value is -1.62. The molecular formula is C12H13N3OS. The van der Waals surface area contributed by atoms with Crippen molar-refractivity contribution in [2.24, 2.45) is 0 Å². The SMILES string of the molecule is CCSc1cccnc1-c1nnc(O)cc1C. The maximum absolute atomic E-state index is 9.26. The van der Waals surface area contributed by atoms with Gasteiger partial charge in [0.05, 0.1) is 0 Å². The highest BCUT2D eigenvalue weighted by Crippen LogP contribution is 2.30. The molecular weight excluding hydrogens is 234 g/mol. The molecule has 2 aromatic heterocycles. The summed E-state index contributed by atoms with van der Waals surface area (Å²) in [5, 5.41) is 16.9. The van der Waals surface area contributed by atoms with E-state index in [2.05, 4.69) is 22.1 Å². The Bertz CT molecular complexity index is 531. The molecule has 17 heavy (non-hydrogen) atoms. The van der Waals surface area contributed by atoms with E-state index in [4.69, 9.17) is 0 Å². The molecule has 0 aliphatic heterocycles. The molecule has 5 heteroatoms. The number of hydrogen-bond donors (Lipinski definition) is 1. The van der Waals surface area contributed by atoms with Gasteiger partial charge in [0, 0.05) is 17.2 Å². The van der Waals surface area contributed by atoms with Crippen molar-refractivity contribution in [2.75, 3.05) is 5.75 Å². The van der Waals surface area contributed by atoms with E-state index >= 15 is 0 Å². The first kappa shape index (κ1) is 11.9. The third-order valence-corrected chi connectivity index (χ3v) is 3.20. The van der Waals surface area contributed by atoms with Crippen LogP contribution in [0.2, 0.25) is 0 Å². The van der Waals surface area contributed by atoms with E-state index in [0.29, 0.717) is 0 Å². The molecule has 2 heterocycles. The van der Waals surface area contributed by atoms with E-state index in [1.807, 2.05) is 19.1 Å². The Balaban J connectivity index is 2.52. The van der Waals surface area contributed by atoms with E-state index in [1.54, 1.807) is 24.0 Å². The van der Waals surface area contributed by atoms with E-state index in [9.17, 15) is 5.11 Å². The highest BCUT2D eigenvalue weighted by molar-refractivity contribution is 7.99. The second kappa shape index (κ2) is 5.14. The van der Waals surface area contributed by atoms with Crippen molar-refractivity contribution >= 4 is 11.8 Å². The van der Waals surface area contributed by atoms with Gasteiger partial charge in [-0.1, -0.05) is 6.92 Å². The van der Waals surface area contributed by atoms with Gasteiger partial charge in [0.25, 0.3) is 0 Å². The van der Waals surface area contributed by atoms with Crippen molar-refractivity contribution < 1.29 is 5.11 Å². The third-order valence-electron chi connectivity index (χ3n) is 2.27. The van der Waals surface area contributed by atoms with Crippen LogP contribution in [0.25, 0.3) is 11.4 Å². The van der Waals surface area contributed by atoms with E-state index < -0.39 is 0 Å². The minimum absolute atomic E-state index is 0.0631. The molecule has 1 N–H and O–H groups in total. The maximum atomic E-state index is 9.26. The smallest absolute Gasteiger partial charge is 0.231 e. The van der Waals surface area contributed by atoms with Gasteiger partial charge in [-0.25, -0.2) is 0 Å². The van der Waals surface area contributed by atoms with Crippen LogP contribution in [0.15, 0.2) is 29.3 Å². The number of thioether (sulfide) groups is 1. The first-order valence-electron chi connectivity index (χ1n) is 5.34. The van der Waals surface area contributed by atoms with Crippen molar-refractivity contribution in [3.05, 3.63) is 30.0 Å². The predicted octanol–water partition coefficient (Wildman–Crippen LogP) is 2.66. The standard InChI is InChI=1S/C12H13N3OS/c1-3-17-9-5-4-6-13-12(9)11-8(2)7-10(16)14-15-11/h4-7H,3H2,1-2H3,(H,14,16). The average Bonchev–Trinajstić information content (AvgIpc) is 2.31. The Kier molecular flexibility index (Phi) is 3.58. The van der Waals surface area contributed by atoms with Crippen LogP contribution in [0.5, 0.6) is 5.88 Å². The van der Waals surface area contributed by atoms with Gasteiger partial charge in [-0.2, -0.15) is 0 Å². The van der Waals surface area contributed by atoms with E-state index in [0.717, 1.165) is 27.6 Å². The van der Waals surface area contributed by atoms with Gasteiger partial charge in [-0.05, 0) is 30.4 Å². The highest BCUT2D eigenvalue weighted by Gasteiger charge is 2.11. The minimum Gasteiger partial charge on any atom is -0.492 e. The summed E-state index contributed by atoms with van der Waals surface area (Å²) in [7, 11) is 0. The molecule has 0 radical (unpaired) electrons. The zero-order valence-electron chi connectivity index (χ0n) is 9.71. The van der Waals surface area contributed by atoms with Crippen molar-refractivity contribution in [1.82, 2.24) is 15.2 Å². The van der Waals surface area contributed by atoms with Crippen LogP contribution < -0.4 is 0 Å². The number of aryl methyl sites for hydroxylation is 1. The molecule has 0 aromatic carbocycles. The van der Waals surface area contributed by atoms with Crippen LogP contribution in [0, 0.1) is 6.92 Å². The second-order valence-electron chi connectivity index (χ2n) is 3.52. The molecule has 2 rings (SSSR count). The second-order valence-corrected chi connectivity index (χ2v) is 4.82. The Labute approximate surface area is 104 Å². The predicted molar refractivity (Wildman–Crippen MR) is 68.1 cm³/mol. The molecule has 0 unspecified atom stereocenters. The summed E-state index contributed by atoms with van der Waals surface area (Å²) in [6.07, 6.45) is 1.74. The largest absolute Gasteiger partial charge is 0.492 e. The monoisotopic (exact) mass is 247 g/mol. The molecule has 0 amide bonds. The lowest BCUT2D eigenvalue weighted by atomic mass is 10.1. The summed E-state index contributed by atoms with van der Waals surface area (Å²) >= 11 is 1.72. The van der Waals surface area contributed by atoms with Gasteiger partial charge in [0.15, 0.2) is 0 Å². The van der Waals surface area contributed by atoms with Crippen molar-refractivity contribution in [1.29, 1.82) is 0 Å². The third kappa shape index (κ3) is 2.55. The minimum atomic E-state index is -0.0631. The summed E-state index contributed by atoms with van der Waals surface area (Å²) in [5.41, 5.74) is 2.41. The first-order chi connectivity index (χ1) is 8.22. The van der Waals surface area contributed by atoms with Gasteiger partial charge in [0.1, 0.15) is 11.4 Å². The lowest BCUT2D eigenvalue weighted by molar-refractivity contribution is 0.445. The summed E-state index contributed by atoms with van der Waals surface area (Å²) in [4.78, 5) is 5.43. The Morgan fingerprint density at radius 3 is 2.82 bits per heavy atom. The quantitative estimate of drug-likeness (QED) is 0.845. The molecule has 0 spiro atoms. The molecule has 0 fully saturated rings. The fraction of sp³-hybridized carbons (Fsp3) is 0.250. The zero-order valence-corrected chi connectivity index (χ0v) is 10.5. The normalized spacial score (nSPS) is 10.5. The van der Waals surface area contributed by atoms with Crippen molar-refractivity contribution in [3.63, 3.8) is 0 Å². The molecule has 0 aliphatic rings. The molecule has 4 nitrogen and oxygen atoms in total. The van der Waals surface area contributed by atoms with Crippen LogP contribution in [-0.2, 0) is 0 Å². The van der Waals surface area contributed by atoms with Crippen LogP contribution >= 0.6 is 11.8 Å². The lowest BCUT2D eigenvalue weighted by Crippen LogP contribution is -1.95. The number of nitrogens with zero attached hydrogens (tertiary/aromatic N) is 3. The number of pyridine rings is 1. The zero-order chi connectivity index (χ0) is 12.3. The van der Waals surface area contributed by atoms with Gasteiger partial charge in [-0.3, -0.25) is 4.98 Å². The van der Waals surface area contributed by atoms with Crippen molar-refractivity contribution in [2.45, 2.75) is 18.7 Å². The van der Waals surface area contributed by atoms with Gasteiger partial charge in [0.2, 0.25) is 5.88 Å². The van der Waals surface area contributed by atoms with E-state index in [-0.39, 0.29) is 5.88 Å². The van der Waals surface area contributed by atoms with Crippen molar-refractivity contribution in [3.8, 4) is 17.3 Å². The number of rotatable bonds is 3. The molecule has 88 valence electrons. The summed E-state index contributed by atoms with van der Waals surface area (Å²) in [6, 6.07) is 5.52. The molecule has 2 aromatic rings. The van der Waals surface area contributed by atoms with Crippen LogP contribution in [-0.4, -0.2) is 26.0 Å². The van der Waals surface area contributed by atoms with E-state index in [1.165, 1.54) is 0 Å². The fourth-order valence-corrected chi connectivity index (χ4v) is 2.32. The van der Waals surface area contributed by atoms with Crippen LogP contribution in [0.4, 0.5) is 0 Å². The highest BCUT2D eigenvalue weighted by atomic mass is 32.2. The fourth-order valence-electron chi connectivity index (χ4n) is 1.55. The molecule has 0 atom stereocenters. The van der Waals surface area contributed by atoms with Gasteiger partial charge >= 0.3 is 0 Å². The molecule has 0 bridgehead atoms. The maximum Gasteiger partial charge on any atom is 0.231 e. The topological polar surface area (TPSA) is 58.9 Å².